The summed E-state index contributed by atoms with van der Waals surface area (Å²) in [5.74, 6) is -4.72. The van der Waals surface area contributed by atoms with Gasteiger partial charge in [0.05, 0.1) is 0 Å². The molecular weight excluding hydrogens is 271 g/mol. The second-order valence-corrected chi connectivity index (χ2v) is 3.91. The Bertz CT molecular complexity index is 649. The summed E-state index contributed by atoms with van der Waals surface area (Å²) in [6.07, 6.45) is -5.15. The predicted molar refractivity (Wildman–Crippen MR) is 56.9 cm³/mol. The van der Waals surface area contributed by atoms with E-state index in [9.17, 15) is 27.1 Å². The molecule has 0 saturated carbocycles. The van der Waals surface area contributed by atoms with Gasteiger partial charge < -0.3 is 9.84 Å². The third-order valence-corrected chi connectivity index (χ3v) is 2.49. The van der Waals surface area contributed by atoms with Crippen LogP contribution in [0.1, 0.15) is 5.56 Å². The van der Waals surface area contributed by atoms with E-state index in [-0.39, 0.29) is 22.1 Å². The van der Waals surface area contributed by atoms with Gasteiger partial charge in [-0.2, -0.15) is 4.39 Å². The molecule has 1 N–H and O–H groups in total. The Labute approximate surface area is 104 Å². The summed E-state index contributed by atoms with van der Waals surface area (Å²) in [4.78, 5) is 0. The molecule has 2 nitrogen and oxygen atoms in total. The fraction of sp³-hybridized carbons (Fsp3) is 0.167. The summed E-state index contributed by atoms with van der Waals surface area (Å²) >= 11 is 0. The molecule has 0 radical (unpaired) electrons. The van der Waals surface area contributed by atoms with Gasteiger partial charge in [-0.3, -0.25) is 0 Å². The van der Waals surface area contributed by atoms with Crippen molar-refractivity contribution in [3.63, 3.8) is 0 Å². The van der Waals surface area contributed by atoms with Crippen LogP contribution in [0.25, 0.3) is 10.8 Å². The summed E-state index contributed by atoms with van der Waals surface area (Å²) in [6.45, 7) is 1.35. The highest BCUT2D eigenvalue weighted by molar-refractivity contribution is 5.92. The minimum atomic E-state index is -5.15. The molecule has 0 aliphatic heterocycles. The normalized spacial score (nSPS) is 11.9. The van der Waals surface area contributed by atoms with E-state index in [0.29, 0.717) is 6.07 Å². The van der Waals surface area contributed by atoms with E-state index in [1.54, 1.807) is 0 Å². The van der Waals surface area contributed by atoms with E-state index in [4.69, 9.17) is 0 Å². The molecule has 0 spiro atoms. The topological polar surface area (TPSA) is 29.5 Å². The zero-order chi connectivity index (χ0) is 14.4. The average molecular weight is 278 g/mol. The number of phenols is 1. The van der Waals surface area contributed by atoms with E-state index >= 15 is 0 Å². The highest BCUT2D eigenvalue weighted by Gasteiger charge is 2.34. The van der Waals surface area contributed by atoms with Crippen LogP contribution in [0.15, 0.2) is 18.2 Å². The Morgan fingerprint density at radius 1 is 1.11 bits per heavy atom. The highest BCUT2D eigenvalue weighted by Crippen LogP contribution is 2.38. The lowest BCUT2D eigenvalue weighted by Gasteiger charge is -2.14. The molecule has 2 rings (SSSR count). The van der Waals surface area contributed by atoms with Crippen molar-refractivity contribution >= 4 is 10.8 Å². The zero-order valence-electron chi connectivity index (χ0n) is 9.48. The van der Waals surface area contributed by atoms with E-state index in [0.717, 1.165) is 12.1 Å². The van der Waals surface area contributed by atoms with Crippen LogP contribution in [0.5, 0.6) is 11.5 Å². The van der Waals surface area contributed by atoms with Gasteiger partial charge in [-0.05, 0) is 36.1 Å². The van der Waals surface area contributed by atoms with Crippen molar-refractivity contribution in [1.82, 2.24) is 0 Å². The Morgan fingerprint density at radius 3 is 2.32 bits per heavy atom. The van der Waals surface area contributed by atoms with Crippen LogP contribution in [-0.2, 0) is 0 Å². The lowest BCUT2D eigenvalue weighted by Crippen LogP contribution is -2.18. The fourth-order valence-electron chi connectivity index (χ4n) is 1.85. The number of phenolic OH excluding ortho intramolecular Hbond substituents is 1. The highest BCUT2D eigenvalue weighted by atomic mass is 19.4. The van der Waals surface area contributed by atoms with Gasteiger partial charge in [-0.1, -0.05) is 0 Å². The Morgan fingerprint density at radius 2 is 1.74 bits per heavy atom. The quantitative estimate of drug-likeness (QED) is 0.798. The van der Waals surface area contributed by atoms with Crippen LogP contribution < -0.4 is 4.74 Å². The molecule has 0 bridgehead atoms. The zero-order valence-corrected chi connectivity index (χ0v) is 9.48. The Balaban J connectivity index is 2.82. The number of hydrogen-bond acceptors (Lipinski definition) is 2. The molecule has 102 valence electrons. The number of ether oxygens (including phenoxy) is 1. The molecule has 0 aliphatic carbocycles. The Hall–Kier alpha value is -2.05. The number of hydrogen-bond donors (Lipinski definition) is 1. The van der Waals surface area contributed by atoms with E-state index < -0.39 is 23.7 Å². The summed E-state index contributed by atoms with van der Waals surface area (Å²) < 4.78 is 67.0. The molecule has 7 heteroatoms. The maximum Gasteiger partial charge on any atom is 0.573 e. The van der Waals surface area contributed by atoms with Crippen LogP contribution >= 0.6 is 0 Å². The summed E-state index contributed by atoms with van der Waals surface area (Å²) in [5, 5.41) is 8.99. The molecule has 0 atom stereocenters. The van der Waals surface area contributed by atoms with Crippen molar-refractivity contribution in [3.8, 4) is 11.5 Å². The van der Waals surface area contributed by atoms with Crippen LogP contribution in [0, 0.1) is 18.6 Å². The number of aryl methyl sites for hydroxylation is 1. The van der Waals surface area contributed by atoms with Gasteiger partial charge in [0, 0.05) is 5.39 Å². The van der Waals surface area contributed by atoms with Crippen molar-refractivity contribution in [3.05, 3.63) is 35.4 Å². The smallest absolute Gasteiger partial charge is 0.508 e. The number of rotatable bonds is 1. The van der Waals surface area contributed by atoms with Gasteiger partial charge in [0.15, 0.2) is 11.6 Å². The number of benzene rings is 2. The van der Waals surface area contributed by atoms with E-state index in [1.165, 1.54) is 6.92 Å². The molecule has 0 fully saturated rings. The SMILES string of the molecule is Cc1cc(O)cc2cc(F)c(F)c(OC(F)(F)F)c12. The molecule has 0 aromatic heterocycles. The maximum absolute atomic E-state index is 13.5. The molecule has 2 aromatic carbocycles. The van der Waals surface area contributed by atoms with Gasteiger partial charge >= 0.3 is 6.36 Å². The number of fused-ring (bicyclic) bond motifs is 1. The van der Waals surface area contributed by atoms with Gasteiger partial charge in [0.25, 0.3) is 0 Å². The molecule has 0 aliphatic rings. The fourth-order valence-corrected chi connectivity index (χ4v) is 1.85. The molecule has 0 unspecified atom stereocenters. The molecule has 0 saturated heterocycles. The summed E-state index contributed by atoms with van der Waals surface area (Å²) in [5.41, 5.74) is 0.133. The van der Waals surface area contributed by atoms with Crippen molar-refractivity contribution in [2.75, 3.05) is 0 Å². The van der Waals surface area contributed by atoms with Gasteiger partial charge in [-0.25, -0.2) is 4.39 Å². The maximum atomic E-state index is 13.5. The molecule has 0 heterocycles. The predicted octanol–water partition coefficient (Wildman–Crippen LogP) is 4.03. The second-order valence-electron chi connectivity index (χ2n) is 3.91. The summed E-state index contributed by atoms with van der Waals surface area (Å²) in [6, 6.07) is 2.84. The van der Waals surface area contributed by atoms with Crippen LogP contribution in [0.2, 0.25) is 0 Å². The van der Waals surface area contributed by atoms with E-state index in [2.05, 4.69) is 4.74 Å². The average Bonchev–Trinajstić information content (AvgIpc) is 2.22. The van der Waals surface area contributed by atoms with Gasteiger partial charge in [0.1, 0.15) is 5.75 Å². The number of aromatic hydroxyl groups is 1. The van der Waals surface area contributed by atoms with Crippen molar-refractivity contribution < 1.29 is 31.8 Å². The first-order valence-electron chi connectivity index (χ1n) is 5.06. The minimum Gasteiger partial charge on any atom is -0.508 e. The van der Waals surface area contributed by atoms with Crippen molar-refractivity contribution in [2.45, 2.75) is 13.3 Å². The lowest BCUT2D eigenvalue weighted by atomic mass is 10.0. The standard InChI is InChI=1S/C12H7F5O2/c1-5-2-7(18)3-6-4-8(13)10(14)11(9(5)6)19-12(15,16)17/h2-4,18H,1H3. The molecule has 19 heavy (non-hydrogen) atoms. The molecule has 2 aromatic rings. The van der Waals surface area contributed by atoms with Crippen LogP contribution in [-0.4, -0.2) is 11.5 Å². The minimum absolute atomic E-state index is 0.0874. The first-order chi connectivity index (χ1) is 8.69. The van der Waals surface area contributed by atoms with E-state index in [1.807, 2.05) is 0 Å². The van der Waals surface area contributed by atoms with Gasteiger partial charge in [0.2, 0.25) is 5.82 Å². The molecular formula is C12H7F5O2. The van der Waals surface area contributed by atoms with Gasteiger partial charge in [-0.15, -0.1) is 13.2 Å². The largest absolute Gasteiger partial charge is 0.573 e. The third-order valence-electron chi connectivity index (χ3n) is 2.49. The Kier molecular flexibility index (Phi) is 3.00. The second kappa shape index (κ2) is 4.25. The first-order valence-corrected chi connectivity index (χ1v) is 5.06. The van der Waals surface area contributed by atoms with Crippen molar-refractivity contribution in [1.29, 1.82) is 0 Å². The monoisotopic (exact) mass is 278 g/mol. The lowest BCUT2D eigenvalue weighted by molar-refractivity contribution is -0.275. The van der Waals surface area contributed by atoms with Crippen molar-refractivity contribution in [2.24, 2.45) is 0 Å². The van der Waals surface area contributed by atoms with Crippen LogP contribution in [0.3, 0.4) is 0 Å². The van der Waals surface area contributed by atoms with Crippen LogP contribution in [0.4, 0.5) is 22.0 Å². The summed E-state index contributed by atoms with van der Waals surface area (Å²) in [7, 11) is 0. The number of halogens is 5. The first kappa shape index (κ1) is 13.4. The number of alkyl halides is 3. The molecule has 0 amide bonds. The third kappa shape index (κ3) is 2.54.